The molecule has 0 aliphatic rings. The maximum absolute atomic E-state index is 6.82. The molecule has 0 radical (unpaired) electrons. The minimum Gasteiger partial charge on any atom is -0.436 e. The minimum absolute atomic E-state index is 0.550. The van der Waals surface area contributed by atoms with Crippen molar-refractivity contribution in [2.75, 3.05) is 4.90 Å². The van der Waals surface area contributed by atoms with Crippen molar-refractivity contribution in [1.82, 2.24) is 34.1 Å². The second-order valence-corrected chi connectivity index (χ2v) is 30.8. The van der Waals surface area contributed by atoms with Crippen LogP contribution in [0, 0.1) is 0 Å². The van der Waals surface area contributed by atoms with Gasteiger partial charge in [-0.05, 0) is 250 Å². The zero-order valence-corrected chi connectivity index (χ0v) is 63.9. The van der Waals surface area contributed by atoms with Gasteiger partial charge in [-0.3, -0.25) is 0 Å². The van der Waals surface area contributed by atoms with E-state index in [-0.39, 0.29) is 0 Å². The highest BCUT2D eigenvalue weighted by molar-refractivity contribution is 9.10. The van der Waals surface area contributed by atoms with Crippen molar-refractivity contribution in [3.8, 4) is 102 Å². The molecule has 7 heterocycles. The highest BCUT2D eigenvalue weighted by Crippen LogP contribution is 2.45. The lowest BCUT2D eigenvalue weighted by Crippen LogP contribution is -2.10. The number of fused-ring (bicyclic) bond motifs is 14. The van der Waals surface area contributed by atoms with Gasteiger partial charge in [0, 0.05) is 98.2 Å². The number of hydrogen-bond donors (Lipinski definition) is 1. The molecule has 17 aromatic carbocycles. The number of anilines is 3. The van der Waals surface area contributed by atoms with Gasteiger partial charge in [-0.2, -0.15) is 0 Å². The molecule has 548 valence electrons. The normalized spacial score (nSPS) is 12.0. The van der Waals surface area contributed by atoms with Gasteiger partial charge in [-0.1, -0.05) is 180 Å². The second-order valence-electron chi connectivity index (χ2n) is 29.9. The SMILES string of the molecule is Brc1ccc(-c2ccc(-n3c4ccc(-c5nc6ccc(-c7ccc8c(c7)[nH]c7ccc(-c9nc%10ccccc%10o9)cc78)cc6o5)cc4c4ccc(-c5ccc6nc(-c7ccc8c(c7)c7ccccc7n8-c7ccc(-c8ccc(N(c9ccc(-c%10nc%11ccccc%11o%10)cc9)c9cccc%10ccccc9%10)cc8)cc7)oc6c5)cc43)cc2)cc1. The lowest BCUT2D eigenvalue weighted by atomic mass is 10.0. The predicted molar refractivity (Wildman–Crippen MR) is 478 cm³/mol. The first kappa shape index (κ1) is 66.2. The number of nitrogens with one attached hydrogen (secondary N) is 1. The molecule has 117 heavy (non-hydrogen) atoms. The number of rotatable bonds is 13. The molecule has 7 aromatic heterocycles. The number of oxazole rings is 4. The van der Waals surface area contributed by atoms with Gasteiger partial charge in [0.2, 0.25) is 23.6 Å². The van der Waals surface area contributed by atoms with E-state index in [1.165, 1.54) is 5.39 Å². The smallest absolute Gasteiger partial charge is 0.227 e. The summed E-state index contributed by atoms with van der Waals surface area (Å²) in [6, 6.07) is 128. The Labute approximate surface area is 675 Å². The summed E-state index contributed by atoms with van der Waals surface area (Å²) >= 11 is 3.62. The molecule has 0 bridgehead atoms. The minimum atomic E-state index is 0.550. The average Bonchev–Trinajstić information content (AvgIpc) is 1.59. The molecule has 12 nitrogen and oxygen atoms in total. The largest absolute Gasteiger partial charge is 0.436 e. The molecule has 0 unspecified atom stereocenters. The van der Waals surface area contributed by atoms with Crippen LogP contribution in [0.25, 0.3) is 222 Å². The molecule has 24 rings (SSSR count). The number of benzene rings is 17. The van der Waals surface area contributed by atoms with Gasteiger partial charge in [0.25, 0.3) is 0 Å². The van der Waals surface area contributed by atoms with E-state index in [1.54, 1.807) is 0 Å². The zero-order chi connectivity index (χ0) is 76.9. The third kappa shape index (κ3) is 11.2. The summed E-state index contributed by atoms with van der Waals surface area (Å²) in [5.74, 6) is 2.31. The molecule has 0 fully saturated rings. The van der Waals surface area contributed by atoms with E-state index in [4.69, 9.17) is 37.6 Å². The lowest BCUT2D eigenvalue weighted by molar-refractivity contribution is 0.619. The molecule has 13 heteroatoms. The number of halogens is 1. The standard InChI is InChI=1S/C104H61BrN8O4/c105-74-37-20-61(21-38-74)62-26-43-78(44-27-62)113-95-53-36-73(104-109-89-50-32-69(59-99(89)116-104)67-30-47-80-83-54-71(34-49-86(83)106-91(80)57-67)102-108-88-15-5-8-19-98(88)115-102)56-85(95)82-48-31-68(58-96(82)113)70-33-51-90-100(60-70)117-103(110-90)72-35-52-94-84(55-72)81-13-3-6-16-93(81)112(94)77-41-24-64(25-42-77)63-22-39-75(40-23-63)111(92-17-9-11-65-10-1-2-12-79(65)92)76-45-28-66(29-46-76)101-107-87-14-4-7-18-97(87)114-101/h1-60,106H. The molecule has 0 amide bonds. The van der Waals surface area contributed by atoms with Crippen molar-refractivity contribution in [3.63, 3.8) is 0 Å². The fourth-order valence-corrected chi connectivity index (χ4v) is 17.6. The number of para-hydroxylation sites is 5. The Morgan fingerprint density at radius 2 is 0.650 bits per heavy atom. The molecule has 0 saturated carbocycles. The Kier molecular flexibility index (Phi) is 14.9. The summed E-state index contributed by atoms with van der Waals surface area (Å²) in [6.45, 7) is 0. The van der Waals surface area contributed by atoms with Crippen molar-refractivity contribution >= 4 is 154 Å². The molecule has 24 aromatic rings. The first-order valence-electron chi connectivity index (χ1n) is 38.9. The molecule has 0 atom stereocenters. The van der Waals surface area contributed by atoms with E-state index in [9.17, 15) is 0 Å². The van der Waals surface area contributed by atoms with Crippen LogP contribution in [0.2, 0.25) is 0 Å². The van der Waals surface area contributed by atoms with Gasteiger partial charge in [-0.15, -0.1) is 0 Å². The van der Waals surface area contributed by atoms with Gasteiger partial charge >= 0.3 is 0 Å². The zero-order valence-electron chi connectivity index (χ0n) is 62.3. The summed E-state index contributed by atoms with van der Waals surface area (Å²) < 4.78 is 31.6. The van der Waals surface area contributed by atoms with Gasteiger partial charge < -0.3 is 36.7 Å². The summed E-state index contributed by atoms with van der Waals surface area (Å²) in [5.41, 5.74) is 30.1. The quantitative estimate of drug-likeness (QED) is 0.120. The van der Waals surface area contributed by atoms with Crippen molar-refractivity contribution in [2.24, 2.45) is 0 Å². The molecule has 1 N–H and O–H groups in total. The second kappa shape index (κ2) is 26.3. The Bertz CT molecular complexity index is 8070. The van der Waals surface area contributed by atoms with E-state index >= 15 is 0 Å². The monoisotopic (exact) mass is 1560 g/mol. The van der Waals surface area contributed by atoms with Crippen LogP contribution < -0.4 is 4.90 Å². The van der Waals surface area contributed by atoms with Crippen LogP contribution in [0.15, 0.2) is 386 Å². The topological polar surface area (TPSA) is 133 Å². The Morgan fingerprint density at radius 1 is 0.248 bits per heavy atom. The van der Waals surface area contributed by atoms with Crippen LogP contribution in [-0.2, 0) is 0 Å². The summed E-state index contributed by atoms with van der Waals surface area (Å²) in [4.78, 5) is 25.8. The van der Waals surface area contributed by atoms with E-state index < -0.39 is 0 Å². The third-order valence-electron chi connectivity index (χ3n) is 23.1. The van der Waals surface area contributed by atoms with Gasteiger partial charge in [0.05, 0.1) is 27.8 Å². The number of nitrogens with zero attached hydrogens (tertiary/aromatic N) is 7. The van der Waals surface area contributed by atoms with Crippen molar-refractivity contribution in [2.45, 2.75) is 0 Å². The fraction of sp³-hybridized carbons (Fsp3) is 0. The Balaban J connectivity index is 0.526. The summed E-state index contributed by atoms with van der Waals surface area (Å²) in [6.07, 6.45) is 0. The van der Waals surface area contributed by atoms with Gasteiger partial charge in [-0.25, -0.2) is 19.9 Å². The average molecular weight is 1570 g/mol. The maximum atomic E-state index is 6.82. The van der Waals surface area contributed by atoms with Crippen molar-refractivity contribution < 1.29 is 17.7 Å². The van der Waals surface area contributed by atoms with Crippen LogP contribution >= 0.6 is 15.9 Å². The molecule has 0 saturated heterocycles. The fourth-order valence-electron chi connectivity index (χ4n) is 17.3. The van der Waals surface area contributed by atoms with Crippen LogP contribution in [0.4, 0.5) is 17.1 Å². The first-order chi connectivity index (χ1) is 57.8. The summed E-state index contributed by atoms with van der Waals surface area (Å²) in [7, 11) is 0. The number of H-pyrrole nitrogens is 1. The predicted octanol–water partition coefficient (Wildman–Crippen LogP) is 28.8. The van der Waals surface area contributed by atoms with E-state index in [1.807, 2.05) is 54.6 Å². The van der Waals surface area contributed by atoms with Crippen molar-refractivity contribution in [1.29, 1.82) is 0 Å². The van der Waals surface area contributed by atoms with Crippen LogP contribution in [0.3, 0.4) is 0 Å². The lowest BCUT2D eigenvalue weighted by Gasteiger charge is -2.27. The van der Waals surface area contributed by atoms with E-state index in [2.05, 4.69) is 344 Å². The van der Waals surface area contributed by atoms with Crippen LogP contribution in [-0.4, -0.2) is 34.1 Å². The maximum Gasteiger partial charge on any atom is 0.227 e. The van der Waals surface area contributed by atoms with Crippen LogP contribution in [0.1, 0.15) is 0 Å². The summed E-state index contributed by atoms with van der Waals surface area (Å²) in [5, 5.41) is 8.98. The number of aromatic amines is 1. The number of aromatic nitrogens is 7. The first-order valence-corrected chi connectivity index (χ1v) is 39.7. The highest BCUT2D eigenvalue weighted by Gasteiger charge is 2.23. The molecular weight excluding hydrogens is 1510 g/mol. The van der Waals surface area contributed by atoms with Crippen molar-refractivity contribution in [3.05, 3.63) is 368 Å². The van der Waals surface area contributed by atoms with E-state index in [0.29, 0.717) is 34.7 Å². The molecule has 0 spiro atoms. The number of hydrogen-bond acceptors (Lipinski definition) is 9. The Morgan fingerprint density at radius 3 is 1.24 bits per heavy atom. The highest BCUT2D eigenvalue weighted by atomic mass is 79.9. The van der Waals surface area contributed by atoms with Crippen LogP contribution in [0.5, 0.6) is 0 Å². The van der Waals surface area contributed by atoms with E-state index in [0.717, 1.165) is 204 Å². The Hall–Kier alpha value is -15.4. The van der Waals surface area contributed by atoms with Gasteiger partial charge in [0.15, 0.2) is 22.3 Å². The molecular formula is C104H61BrN8O4. The molecule has 0 aliphatic carbocycles. The van der Waals surface area contributed by atoms with Gasteiger partial charge in [0.1, 0.15) is 22.1 Å². The third-order valence-corrected chi connectivity index (χ3v) is 23.6. The molecule has 0 aliphatic heterocycles.